The molecule has 1 saturated carbocycles. The number of amides is 1. The highest BCUT2D eigenvalue weighted by Gasteiger charge is 2.40. The summed E-state index contributed by atoms with van der Waals surface area (Å²) in [7, 11) is 0. The topological polar surface area (TPSA) is 57.8 Å². The van der Waals surface area contributed by atoms with Crippen molar-refractivity contribution in [2.24, 2.45) is 0 Å². The lowest BCUT2D eigenvalue weighted by Crippen LogP contribution is -2.26. The molecule has 3 rings (SSSR count). The Balaban J connectivity index is 1.65. The van der Waals surface area contributed by atoms with E-state index in [-0.39, 0.29) is 23.7 Å². The number of nitrogens with zero attached hydrogens (tertiary/aromatic N) is 1. The predicted octanol–water partition coefficient (Wildman–Crippen LogP) is 2.60. The Hall–Kier alpha value is -1.69. The summed E-state index contributed by atoms with van der Waals surface area (Å²) >= 11 is 3.12. The molecule has 1 aromatic heterocycles. The van der Waals surface area contributed by atoms with Crippen LogP contribution in [0.1, 0.15) is 28.4 Å². The molecule has 1 fully saturated rings. The summed E-state index contributed by atoms with van der Waals surface area (Å²) in [5.41, 5.74) is 1.35. The minimum atomic E-state index is -0.275. The first-order valence-electron chi connectivity index (χ1n) is 5.90. The number of H-pyrrole nitrogens is 1. The van der Waals surface area contributed by atoms with Crippen LogP contribution < -0.4 is 5.32 Å². The Morgan fingerprint density at radius 3 is 3.00 bits per heavy atom. The molecule has 0 bridgehead atoms. The summed E-state index contributed by atoms with van der Waals surface area (Å²) in [5, 5.41) is 9.24. The van der Waals surface area contributed by atoms with Gasteiger partial charge in [-0.3, -0.25) is 9.89 Å². The van der Waals surface area contributed by atoms with Crippen LogP contribution >= 0.6 is 15.9 Å². The Morgan fingerprint density at radius 2 is 2.32 bits per heavy atom. The highest BCUT2D eigenvalue weighted by molar-refractivity contribution is 9.10. The van der Waals surface area contributed by atoms with Crippen LogP contribution in [-0.4, -0.2) is 22.1 Å². The number of hydrogen-bond acceptors (Lipinski definition) is 2. The summed E-state index contributed by atoms with van der Waals surface area (Å²) in [6, 6.07) is 6.76. The van der Waals surface area contributed by atoms with Crippen molar-refractivity contribution in [2.45, 2.75) is 18.4 Å². The fraction of sp³-hybridized carbons (Fsp3) is 0.231. The number of hydrogen-bond donors (Lipinski definition) is 2. The minimum Gasteiger partial charge on any atom is -0.347 e. The van der Waals surface area contributed by atoms with E-state index in [1.165, 1.54) is 12.3 Å². The molecule has 1 aliphatic carbocycles. The minimum absolute atomic E-state index is 0.0661. The molecule has 2 aromatic rings. The molecule has 1 amide bonds. The zero-order valence-electron chi connectivity index (χ0n) is 9.86. The molecule has 19 heavy (non-hydrogen) atoms. The van der Waals surface area contributed by atoms with Crippen molar-refractivity contribution >= 4 is 21.8 Å². The van der Waals surface area contributed by atoms with E-state index in [4.69, 9.17) is 0 Å². The molecule has 1 aromatic carbocycles. The molecular formula is C13H11BrFN3O. The third-order valence-corrected chi connectivity index (χ3v) is 3.87. The Bertz CT molecular complexity index is 614. The van der Waals surface area contributed by atoms with E-state index in [1.807, 2.05) is 6.07 Å². The molecule has 0 radical (unpaired) electrons. The average Bonchev–Trinajstić information content (AvgIpc) is 2.92. The van der Waals surface area contributed by atoms with E-state index in [0.717, 1.165) is 12.0 Å². The number of aromatic nitrogens is 2. The molecule has 4 nitrogen and oxygen atoms in total. The van der Waals surface area contributed by atoms with E-state index in [0.29, 0.717) is 10.2 Å². The summed E-state index contributed by atoms with van der Waals surface area (Å²) < 4.78 is 13.9. The summed E-state index contributed by atoms with van der Waals surface area (Å²) in [6.07, 6.45) is 2.37. The smallest absolute Gasteiger partial charge is 0.269 e. The first kappa shape index (κ1) is 12.3. The third kappa shape index (κ3) is 2.53. The monoisotopic (exact) mass is 323 g/mol. The van der Waals surface area contributed by atoms with Gasteiger partial charge in [-0.05, 0) is 46.1 Å². The van der Waals surface area contributed by atoms with Gasteiger partial charge in [0.15, 0.2) is 0 Å². The number of rotatable bonds is 3. The second-order valence-corrected chi connectivity index (χ2v) is 5.42. The van der Waals surface area contributed by atoms with Gasteiger partial charge < -0.3 is 5.32 Å². The maximum Gasteiger partial charge on any atom is 0.269 e. The highest BCUT2D eigenvalue weighted by atomic mass is 79.9. The molecule has 0 spiro atoms. The predicted molar refractivity (Wildman–Crippen MR) is 71.3 cm³/mol. The van der Waals surface area contributed by atoms with Crippen LogP contribution in [0.25, 0.3) is 0 Å². The fourth-order valence-corrected chi connectivity index (χ4v) is 2.34. The van der Waals surface area contributed by atoms with Crippen molar-refractivity contribution in [1.29, 1.82) is 0 Å². The first-order valence-corrected chi connectivity index (χ1v) is 6.69. The van der Waals surface area contributed by atoms with Crippen molar-refractivity contribution < 1.29 is 9.18 Å². The van der Waals surface area contributed by atoms with Gasteiger partial charge in [0.1, 0.15) is 11.5 Å². The van der Waals surface area contributed by atoms with Gasteiger partial charge in [-0.25, -0.2) is 4.39 Å². The standard InChI is InChI=1S/C13H11BrFN3O/c14-9-2-1-7(5-10(9)15)8-6-12(8)17-13(19)11-3-4-16-18-11/h1-5,8,12H,6H2,(H,16,18)(H,17,19)/t8-,12+/m0/s1. The van der Waals surface area contributed by atoms with Gasteiger partial charge in [-0.1, -0.05) is 6.07 Å². The van der Waals surface area contributed by atoms with E-state index >= 15 is 0 Å². The lowest BCUT2D eigenvalue weighted by atomic mass is 10.1. The van der Waals surface area contributed by atoms with Gasteiger partial charge >= 0.3 is 0 Å². The van der Waals surface area contributed by atoms with Crippen LogP contribution in [0.4, 0.5) is 4.39 Å². The number of halogens is 2. The molecule has 1 aliphatic rings. The SMILES string of the molecule is O=C(N[C@@H]1C[C@H]1c1ccc(Br)c(F)c1)c1ccn[nH]1. The molecule has 0 saturated heterocycles. The lowest BCUT2D eigenvalue weighted by molar-refractivity contribution is 0.0945. The molecule has 98 valence electrons. The van der Waals surface area contributed by atoms with Crippen LogP contribution in [0.15, 0.2) is 34.9 Å². The third-order valence-electron chi connectivity index (χ3n) is 3.22. The molecule has 2 N–H and O–H groups in total. The maximum absolute atomic E-state index is 13.4. The lowest BCUT2D eigenvalue weighted by Gasteiger charge is -2.04. The van der Waals surface area contributed by atoms with E-state index < -0.39 is 0 Å². The molecule has 1 heterocycles. The average molecular weight is 324 g/mol. The second kappa shape index (κ2) is 4.77. The van der Waals surface area contributed by atoms with Crippen LogP contribution in [0.3, 0.4) is 0 Å². The summed E-state index contributed by atoms with van der Waals surface area (Å²) in [4.78, 5) is 11.8. The molecule has 2 atom stereocenters. The van der Waals surface area contributed by atoms with Gasteiger partial charge in [0.05, 0.1) is 4.47 Å². The van der Waals surface area contributed by atoms with Crippen LogP contribution in [-0.2, 0) is 0 Å². The van der Waals surface area contributed by atoms with Crippen molar-refractivity contribution in [2.75, 3.05) is 0 Å². The van der Waals surface area contributed by atoms with E-state index in [1.54, 1.807) is 12.1 Å². The number of aromatic amines is 1. The Morgan fingerprint density at radius 1 is 1.47 bits per heavy atom. The van der Waals surface area contributed by atoms with Crippen LogP contribution in [0.5, 0.6) is 0 Å². The molecule has 6 heteroatoms. The number of nitrogens with one attached hydrogen (secondary N) is 2. The van der Waals surface area contributed by atoms with Crippen molar-refractivity contribution in [1.82, 2.24) is 15.5 Å². The van der Waals surface area contributed by atoms with Gasteiger partial charge in [0, 0.05) is 18.2 Å². The Kier molecular flexibility index (Phi) is 3.10. The highest BCUT2D eigenvalue weighted by Crippen LogP contribution is 2.41. The van der Waals surface area contributed by atoms with E-state index in [9.17, 15) is 9.18 Å². The summed E-state index contributed by atoms with van der Waals surface area (Å²) in [6.45, 7) is 0. The molecular weight excluding hydrogens is 313 g/mol. The van der Waals surface area contributed by atoms with Crippen molar-refractivity contribution in [3.8, 4) is 0 Å². The van der Waals surface area contributed by atoms with Crippen LogP contribution in [0, 0.1) is 5.82 Å². The summed E-state index contributed by atoms with van der Waals surface area (Å²) in [5.74, 6) is -0.264. The number of carbonyl (C=O) groups excluding carboxylic acids is 1. The fourth-order valence-electron chi connectivity index (χ4n) is 2.09. The van der Waals surface area contributed by atoms with Crippen LogP contribution in [0.2, 0.25) is 0 Å². The maximum atomic E-state index is 13.4. The van der Waals surface area contributed by atoms with Gasteiger partial charge in [-0.2, -0.15) is 5.10 Å². The molecule has 0 aliphatic heterocycles. The zero-order chi connectivity index (χ0) is 13.4. The normalized spacial score (nSPS) is 21.2. The number of carbonyl (C=O) groups is 1. The van der Waals surface area contributed by atoms with E-state index in [2.05, 4.69) is 31.4 Å². The second-order valence-electron chi connectivity index (χ2n) is 4.57. The molecule has 0 unspecified atom stereocenters. The quantitative estimate of drug-likeness (QED) is 0.912. The number of benzene rings is 1. The van der Waals surface area contributed by atoms with Gasteiger partial charge in [0.2, 0.25) is 0 Å². The Labute approximate surface area is 117 Å². The van der Waals surface area contributed by atoms with Gasteiger partial charge in [0.25, 0.3) is 5.91 Å². The van der Waals surface area contributed by atoms with Crippen molar-refractivity contribution in [3.05, 3.63) is 52.0 Å². The zero-order valence-corrected chi connectivity index (χ0v) is 11.4. The van der Waals surface area contributed by atoms with Crippen molar-refractivity contribution in [3.63, 3.8) is 0 Å². The largest absolute Gasteiger partial charge is 0.347 e. The van der Waals surface area contributed by atoms with Gasteiger partial charge in [-0.15, -0.1) is 0 Å². The first-order chi connectivity index (χ1) is 9.15.